The zero-order chi connectivity index (χ0) is 15.4. The van der Waals surface area contributed by atoms with E-state index >= 15 is 0 Å². The molecule has 0 atom stereocenters. The van der Waals surface area contributed by atoms with Crippen LogP contribution in [0.1, 0.15) is 15.9 Å². The molecular weight excluding hydrogens is 271 g/mol. The molecule has 1 amide bonds. The molecule has 0 aliphatic heterocycles. The lowest BCUT2D eigenvalue weighted by Crippen LogP contribution is -2.13. The van der Waals surface area contributed by atoms with Crippen molar-refractivity contribution in [2.75, 3.05) is 24.8 Å². The number of benzene rings is 2. The lowest BCUT2D eigenvalue weighted by molar-refractivity contribution is 0.102. The van der Waals surface area contributed by atoms with Crippen molar-refractivity contribution in [3.8, 4) is 5.75 Å². The van der Waals surface area contributed by atoms with Crippen molar-refractivity contribution in [1.29, 1.82) is 0 Å². The predicted octanol–water partition coefficient (Wildman–Crippen LogP) is 3.44. The number of carbonyl (C=O) groups is 1. The van der Waals surface area contributed by atoms with Crippen molar-refractivity contribution in [3.63, 3.8) is 0 Å². The lowest BCUT2D eigenvalue weighted by atomic mass is 10.1. The summed E-state index contributed by atoms with van der Waals surface area (Å²) in [5, 5.41) is 5.75. The van der Waals surface area contributed by atoms with E-state index < -0.39 is 5.82 Å². The minimum Gasteiger partial charge on any atom is -0.494 e. The third-order valence-electron chi connectivity index (χ3n) is 3.17. The zero-order valence-corrected chi connectivity index (χ0v) is 12.2. The van der Waals surface area contributed by atoms with Gasteiger partial charge in [-0.1, -0.05) is 0 Å². The van der Waals surface area contributed by atoms with Crippen molar-refractivity contribution in [2.45, 2.75) is 6.92 Å². The molecule has 21 heavy (non-hydrogen) atoms. The van der Waals surface area contributed by atoms with Gasteiger partial charge in [-0.05, 0) is 42.8 Å². The van der Waals surface area contributed by atoms with Crippen LogP contribution in [-0.4, -0.2) is 20.1 Å². The molecule has 0 saturated carbocycles. The van der Waals surface area contributed by atoms with Gasteiger partial charge in [-0.3, -0.25) is 4.79 Å². The molecule has 0 aliphatic carbocycles. The Labute approximate surface area is 122 Å². The molecule has 0 unspecified atom stereocenters. The monoisotopic (exact) mass is 288 g/mol. The van der Waals surface area contributed by atoms with Crippen molar-refractivity contribution in [3.05, 3.63) is 53.3 Å². The molecule has 0 radical (unpaired) electrons. The highest BCUT2D eigenvalue weighted by atomic mass is 19.1. The highest BCUT2D eigenvalue weighted by Crippen LogP contribution is 2.22. The number of rotatable bonds is 4. The second-order valence-electron chi connectivity index (χ2n) is 4.58. The molecule has 0 saturated heterocycles. The maximum Gasteiger partial charge on any atom is 0.255 e. The van der Waals surface area contributed by atoms with Gasteiger partial charge in [0.05, 0.1) is 7.11 Å². The molecule has 110 valence electrons. The number of halogens is 1. The summed E-state index contributed by atoms with van der Waals surface area (Å²) >= 11 is 0. The Hall–Kier alpha value is -2.56. The van der Waals surface area contributed by atoms with E-state index in [0.717, 1.165) is 11.3 Å². The Balaban J connectivity index is 2.22. The topological polar surface area (TPSA) is 50.4 Å². The Morgan fingerprint density at radius 3 is 2.48 bits per heavy atom. The van der Waals surface area contributed by atoms with Crippen LogP contribution in [0.2, 0.25) is 0 Å². The van der Waals surface area contributed by atoms with Crippen LogP contribution in [0.3, 0.4) is 0 Å². The van der Waals surface area contributed by atoms with E-state index in [1.165, 1.54) is 25.3 Å². The van der Waals surface area contributed by atoms with Gasteiger partial charge in [0.1, 0.15) is 0 Å². The first-order chi connectivity index (χ1) is 10.0. The van der Waals surface area contributed by atoms with E-state index in [9.17, 15) is 9.18 Å². The zero-order valence-electron chi connectivity index (χ0n) is 12.2. The fourth-order valence-corrected chi connectivity index (χ4v) is 2.01. The molecule has 4 nitrogen and oxygen atoms in total. The van der Waals surface area contributed by atoms with Crippen LogP contribution in [-0.2, 0) is 0 Å². The fraction of sp³-hybridized carbons (Fsp3) is 0.188. The van der Waals surface area contributed by atoms with Crippen LogP contribution < -0.4 is 15.4 Å². The summed E-state index contributed by atoms with van der Waals surface area (Å²) in [6.45, 7) is 1.86. The van der Waals surface area contributed by atoms with Crippen LogP contribution >= 0.6 is 0 Å². The van der Waals surface area contributed by atoms with Gasteiger partial charge in [-0.15, -0.1) is 0 Å². The second kappa shape index (κ2) is 6.26. The van der Waals surface area contributed by atoms with Gasteiger partial charge in [0, 0.05) is 30.1 Å². The third kappa shape index (κ3) is 3.31. The van der Waals surface area contributed by atoms with E-state index in [2.05, 4.69) is 10.6 Å². The molecular formula is C16H17FN2O2. The molecule has 0 aliphatic rings. The Morgan fingerprint density at radius 1 is 1.14 bits per heavy atom. The minimum absolute atomic E-state index is 0.0926. The Bertz CT molecular complexity index is 671. The molecule has 0 spiro atoms. The normalized spacial score (nSPS) is 10.1. The molecule has 0 bridgehead atoms. The number of anilines is 2. The molecule has 0 heterocycles. The lowest BCUT2D eigenvalue weighted by Gasteiger charge is -2.10. The van der Waals surface area contributed by atoms with E-state index in [1.54, 1.807) is 6.07 Å². The first kappa shape index (κ1) is 14.8. The van der Waals surface area contributed by atoms with Gasteiger partial charge in [0.25, 0.3) is 5.91 Å². The van der Waals surface area contributed by atoms with Crippen molar-refractivity contribution in [1.82, 2.24) is 0 Å². The van der Waals surface area contributed by atoms with E-state index in [1.807, 2.05) is 26.1 Å². The Morgan fingerprint density at radius 2 is 1.86 bits per heavy atom. The number of ether oxygens (including phenoxy) is 1. The van der Waals surface area contributed by atoms with E-state index in [-0.39, 0.29) is 11.7 Å². The average molecular weight is 288 g/mol. The number of amides is 1. The van der Waals surface area contributed by atoms with Crippen LogP contribution in [0.15, 0.2) is 36.4 Å². The summed E-state index contributed by atoms with van der Waals surface area (Å²) in [4.78, 5) is 12.3. The number of hydrogen-bond acceptors (Lipinski definition) is 3. The van der Waals surface area contributed by atoms with E-state index in [4.69, 9.17) is 4.74 Å². The molecule has 2 aromatic rings. The average Bonchev–Trinajstić information content (AvgIpc) is 2.48. The summed E-state index contributed by atoms with van der Waals surface area (Å²) < 4.78 is 18.2. The molecule has 5 heteroatoms. The third-order valence-corrected chi connectivity index (χ3v) is 3.17. The number of hydrogen-bond donors (Lipinski definition) is 2. The van der Waals surface area contributed by atoms with Gasteiger partial charge < -0.3 is 15.4 Å². The SMILES string of the molecule is CNc1ccc(C(=O)Nc2ccc(F)c(OC)c2)c(C)c1. The van der Waals surface area contributed by atoms with E-state index in [0.29, 0.717) is 11.3 Å². The van der Waals surface area contributed by atoms with Gasteiger partial charge >= 0.3 is 0 Å². The van der Waals surface area contributed by atoms with Crippen LogP contribution in [0.25, 0.3) is 0 Å². The van der Waals surface area contributed by atoms with Gasteiger partial charge in [-0.25, -0.2) is 4.39 Å². The number of nitrogens with one attached hydrogen (secondary N) is 2. The summed E-state index contributed by atoms with van der Waals surface area (Å²) in [6.07, 6.45) is 0. The smallest absolute Gasteiger partial charge is 0.255 e. The van der Waals surface area contributed by atoms with Gasteiger partial charge in [0.15, 0.2) is 11.6 Å². The van der Waals surface area contributed by atoms with Gasteiger partial charge in [0.2, 0.25) is 0 Å². The van der Waals surface area contributed by atoms with Gasteiger partial charge in [-0.2, -0.15) is 0 Å². The van der Waals surface area contributed by atoms with Crippen molar-refractivity contribution in [2.24, 2.45) is 0 Å². The number of aryl methyl sites for hydroxylation is 1. The predicted molar refractivity (Wildman–Crippen MR) is 81.6 cm³/mol. The highest BCUT2D eigenvalue weighted by molar-refractivity contribution is 6.05. The quantitative estimate of drug-likeness (QED) is 0.906. The molecule has 0 aromatic heterocycles. The fourth-order valence-electron chi connectivity index (χ4n) is 2.01. The summed E-state index contributed by atoms with van der Waals surface area (Å²) in [6, 6.07) is 9.66. The second-order valence-corrected chi connectivity index (χ2v) is 4.58. The maximum absolute atomic E-state index is 13.3. The maximum atomic E-state index is 13.3. The number of carbonyl (C=O) groups excluding carboxylic acids is 1. The molecule has 0 fully saturated rings. The van der Waals surface area contributed by atoms with Crippen LogP contribution in [0.4, 0.5) is 15.8 Å². The number of methoxy groups -OCH3 is 1. The molecule has 2 aromatic carbocycles. The summed E-state index contributed by atoms with van der Waals surface area (Å²) in [7, 11) is 3.20. The van der Waals surface area contributed by atoms with Crippen LogP contribution in [0.5, 0.6) is 5.75 Å². The first-order valence-corrected chi connectivity index (χ1v) is 6.48. The van der Waals surface area contributed by atoms with Crippen LogP contribution in [0, 0.1) is 12.7 Å². The molecule has 2 rings (SSSR count). The van der Waals surface area contributed by atoms with Crippen molar-refractivity contribution < 1.29 is 13.9 Å². The standard InChI is InChI=1S/C16H17FN2O2/c1-10-8-11(18-2)4-6-13(10)16(20)19-12-5-7-14(17)15(9-12)21-3/h4-9,18H,1-3H3,(H,19,20). The van der Waals surface area contributed by atoms with Crippen molar-refractivity contribution >= 4 is 17.3 Å². The summed E-state index contributed by atoms with van der Waals surface area (Å²) in [5.41, 5.74) is 2.84. The summed E-state index contributed by atoms with van der Waals surface area (Å²) in [5.74, 6) is -0.621. The largest absolute Gasteiger partial charge is 0.494 e. The first-order valence-electron chi connectivity index (χ1n) is 6.48. The Kier molecular flexibility index (Phi) is 4.42. The molecule has 2 N–H and O–H groups in total. The minimum atomic E-state index is -0.468. The highest BCUT2D eigenvalue weighted by Gasteiger charge is 2.11.